The summed E-state index contributed by atoms with van der Waals surface area (Å²) in [6.07, 6.45) is 1.57. The van der Waals surface area contributed by atoms with E-state index in [0.29, 0.717) is 27.7 Å². The molecule has 1 aromatic heterocycles. The van der Waals surface area contributed by atoms with E-state index < -0.39 is 0 Å². The van der Waals surface area contributed by atoms with Crippen LogP contribution in [0.4, 0.5) is 4.79 Å². The molecule has 7 heteroatoms. The smallest absolute Gasteiger partial charge is 0.293 e. The third-order valence-corrected chi connectivity index (χ3v) is 5.86. The molecule has 0 saturated carbocycles. The van der Waals surface area contributed by atoms with Gasteiger partial charge in [-0.2, -0.15) is 0 Å². The highest BCUT2D eigenvalue weighted by molar-refractivity contribution is 8.18. The van der Waals surface area contributed by atoms with Crippen molar-refractivity contribution in [3.8, 4) is 17.1 Å². The van der Waals surface area contributed by atoms with Crippen LogP contribution in [0.3, 0.4) is 0 Å². The number of amides is 2. The van der Waals surface area contributed by atoms with Crippen LogP contribution in [0.25, 0.3) is 17.4 Å². The van der Waals surface area contributed by atoms with Crippen LogP contribution in [0.1, 0.15) is 28.6 Å². The maximum absolute atomic E-state index is 12.7. The summed E-state index contributed by atoms with van der Waals surface area (Å²) < 4.78 is 11.5. The Labute approximate surface area is 189 Å². The third kappa shape index (κ3) is 4.84. The van der Waals surface area contributed by atoms with E-state index in [1.165, 1.54) is 11.8 Å². The van der Waals surface area contributed by atoms with Crippen molar-refractivity contribution in [1.82, 2.24) is 4.90 Å². The molecule has 0 unspecified atom stereocenters. The van der Waals surface area contributed by atoms with E-state index in [2.05, 4.69) is 0 Å². The number of carbonyl (C=O) groups excluding carboxylic acids is 3. The molecule has 6 nitrogen and oxygen atoms in total. The van der Waals surface area contributed by atoms with Crippen molar-refractivity contribution in [2.45, 2.75) is 13.8 Å². The number of Topliss-reactive ketones (excluding diaryl/α,β-unsaturated/α-hetero) is 1. The van der Waals surface area contributed by atoms with Crippen LogP contribution in [0, 0.1) is 6.92 Å². The minimum atomic E-state index is -0.365. The molecule has 2 amide bonds. The van der Waals surface area contributed by atoms with Crippen molar-refractivity contribution in [2.75, 3.05) is 13.2 Å². The number of hydrogen-bond donors (Lipinski definition) is 0. The van der Waals surface area contributed by atoms with Gasteiger partial charge >= 0.3 is 0 Å². The predicted molar refractivity (Wildman–Crippen MR) is 123 cm³/mol. The molecule has 0 spiro atoms. The fourth-order valence-electron chi connectivity index (χ4n) is 3.17. The summed E-state index contributed by atoms with van der Waals surface area (Å²) in [7, 11) is 0. The highest BCUT2D eigenvalue weighted by atomic mass is 32.2. The van der Waals surface area contributed by atoms with Gasteiger partial charge in [-0.3, -0.25) is 19.3 Å². The van der Waals surface area contributed by atoms with Gasteiger partial charge in [0.15, 0.2) is 5.78 Å². The third-order valence-electron chi connectivity index (χ3n) is 4.95. The molecule has 32 heavy (non-hydrogen) atoms. The highest BCUT2D eigenvalue weighted by Gasteiger charge is 2.35. The Hall–Kier alpha value is -3.58. The van der Waals surface area contributed by atoms with Crippen LogP contribution < -0.4 is 4.74 Å². The van der Waals surface area contributed by atoms with Gasteiger partial charge in [-0.15, -0.1) is 0 Å². The van der Waals surface area contributed by atoms with Crippen LogP contribution in [-0.2, 0) is 4.79 Å². The molecule has 0 atom stereocenters. The number of benzene rings is 2. The minimum Gasteiger partial charge on any atom is -0.492 e. The summed E-state index contributed by atoms with van der Waals surface area (Å²) in [6, 6.07) is 18.2. The monoisotopic (exact) mass is 447 g/mol. The first-order valence-electron chi connectivity index (χ1n) is 10.1. The number of hydrogen-bond acceptors (Lipinski definition) is 6. The normalized spacial score (nSPS) is 14.9. The zero-order valence-electron chi connectivity index (χ0n) is 17.7. The number of furan rings is 1. The molecule has 0 aliphatic carbocycles. The molecule has 1 saturated heterocycles. The Bertz CT molecular complexity index is 1190. The lowest BCUT2D eigenvalue weighted by atomic mass is 10.1. The summed E-state index contributed by atoms with van der Waals surface area (Å²) in [5.41, 5.74) is 2.57. The second-order valence-electron chi connectivity index (χ2n) is 7.33. The van der Waals surface area contributed by atoms with E-state index in [0.717, 1.165) is 22.9 Å². The van der Waals surface area contributed by atoms with Crippen molar-refractivity contribution >= 4 is 34.8 Å². The minimum absolute atomic E-state index is 0.00308. The molecule has 1 fully saturated rings. The van der Waals surface area contributed by atoms with E-state index in [1.807, 2.05) is 31.2 Å². The van der Waals surface area contributed by atoms with Crippen LogP contribution in [0.15, 0.2) is 70.0 Å². The van der Waals surface area contributed by atoms with Crippen LogP contribution in [0.2, 0.25) is 0 Å². The highest BCUT2D eigenvalue weighted by Crippen LogP contribution is 2.33. The Morgan fingerprint density at radius 1 is 1.03 bits per heavy atom. The molecule has 3 aromatic rings. The average molecular weight is 448 g/mol. The first-order chi connectivity index (χ1) is 15.4. The van der Waals surface area contributed by atoms with Gasteiger partial charge in [0.2, 0.25) is 0 Å². The molecule has 0 radical (unpaired) electrons. The van der Waals surface area contributed by atoms with Gasteiger partial charge in [0, 0.05) is 17.2 Å². The Balaban J connectivity index is 1.40. The summed E-state index contributed by atoms with van der Waals surface area (Å²) in [5.74, 6) is 1.40. The van der Waals surface area contributed by atoms with Crippen molar-refractivity contribution < 1.29 is 23.5 Å². The van der Waals surface area contributed by atoms with Gasteiger partial charge in [-0.05, 0) is 49.9 Å². The Morgan fingerprint density at radius 3 is 2.44 bits per heavy atom. The summed E-state index contributed by atoms with van der Waals surface area (Å²) in [4.78, 5) is 37.9. The van der Waals surface area contributed by atoms with E-state index >= 15 is 0 Å². The van der Waals surface area contributed by atoms with Crippen molar-refractivity contribution in [3.63, 3.8) is 0 Å². The molecular weight excluding hydrogens is 426 g/mol. The summed E-state index contributed by atoms with van der Waals surface area (Å²) in [6.45, 7) is 3.89. The van der Waals surface area contributed by atoms with Crippen LogP contribution in [-0.4, -0.2) is 35.0 Å². The van der Waals surface area contributed by atoms with Crippen LogP contribution >= 0.6 is 11.8 Å². The zero-order valence-corrected chi connectivity index (χ0v) is 18.5. The van der Waals surface area contributed by atoms with Gasteiger partial charge in [-0.25, -0.2) is 0 Å². The van der Waals surface area contributed by atoms with Gasteiger partial charge in [0.05, 0.1) is 11.4 Å². The lowest BCUT2D eigenvalue weighted by Gasteiger charge is -2.13. The molecule has 1 aliphatic heterocycles. The Morgan fingerprint density at radius 2 is 1.75 bits per heavy atom. The molecule has 0 bridgehead atoms. The molecule has 2 aromatic carbocycles. The number of ketones is 1. The van der Waals surface area contributed by atoms with E-state index in [4.69, 9.17) is 9.15 Å². The summed E-state index contributed by atoms with van der Waals surface area (Å²) >= 11 is 0.881. The zero-order chi connectivity index (χ0) is 22.7. The van der Waals surface area contributed by atoms with Gasteiger partial charge in [-0.1, -0.05) is 42.0 Å². The number of ether oxygens (including phenoxy) is 1. The number of carbonyl (C=O) groups is 3. The van der Waals surface area contributed by atoms with Crippen molar-refractivity contribution in [3.05, 3.63) is 82.5 Å². The van der Waals surface area contributed by atoms with Gasteiger partial charge in [0.1, 0.15) is 23.9 Å². The second kappa shape index (κ2) is 9.28. The summed E-state index contributed by atoms with van der Waals surface area (Å²) in [5, 5.41) is -0.333. The lowest BCUT2D eigenvalue weighted by molar-refractivity contribution is -0.123. The average Bonchev–Trinajstić information content (AvgIpc) is 3.35. The standard InChI is InChI=1S/C25H21NO5S/c1-16-3-9-20(10-4-16)30-14-13-26-24(28)23(32-25(26)29)15-21-11-12-22(31-21)19-7-5-18(6-8-19)17(2)27/h3-12,15H,13-14H2,1-2H3/b23-15-. The molecule has 162 valence electrons. The van der Waals surface area contributed by atoms with Crippen molar-refractivity contribution in [2.24, 2.45) is 0 Å². The number of aryl methyl sites for hydroxylation is 1. The largest absolute Gasteiger partial charge is 0.492 e. The van der Waals surface area contributed by atoms with E-state index in [1.54, 1.807) is 42.5 Å². The maximum atomic E-state index is 12.7. The first-order valence-corrected chi connectivity index (χ1v) is 10.9. The predicted octanol–water partition coefficient (Wildman–Crippen LogP) is 5.57. The number of imide groups is 1. The van der Waals surface area contributed by atoms with Gasteiger partial charge < -0.3 is 9.15 Å². The molecule has 0 N–H and O–H groups in total. The Kier molecular flexibility index (Phi) is 6.28. The number of rotatable bonds is 7. The molecule has 2 heterocycles. The topological polar surface area (TPSA) is 76.8 Å². The van der Waals surface area contributed by atoms with Gasteiger partial charge in [0.25, 0.3) is 11.1 Å². The SMILES string of the molecule is CC(=O)c1ccc(-c2ccc(/C=C3\SC(=O)N(CCOc4ccc(C)cc4)C3=O)o2)cc1. The number of nitrogens with zero attached hydrogens (tertiary/aromatic N) is 1. The first kappa shape index (κ1) is 21.6. The molecular formula is C25H21NO5S. The molecule has 1 aliphatic rings. The van der Waals surface area contributed by atoms with E-state index in [-0.39, 0.29) is 30.1 Å². The quantitative estimate of drug-likeness (QED) is 0.348. The second-order valence-corrected chi connectivity index (χ2v) is 8.32. The van der Waals surface area contributed by atoms with Crippen LogP contribution in [0.5, 0.6) is 5.75 Å². The molecule has 4 rings (SSSR count). The lowest BCUT2D eigenvalue weighted by Crippen LogP contribution is -2.32. The number of thioether (sulfide) groups is 1. The fraction of sp³-hybridized carbons (Fsp3) is 0.160. The maximum Gasteiger partial charge on any atom is 0.293 e. The van der Waals surface area contributed by atoms with E-state index in [9.17, 15) is 14.4 Å². The van der Waals surface area contributed by atoms with Crippen molar-refractivity contribution in [1.29, 1.82) is 0 Å². The fourth-order valence-corrected chi connectivity index (χ4v) is 4.01.